The predicted octanol–water partition coefficient (Wildman–Crippen LogP) is 2.24. The third kappa shape index (κ3) is 4.92. The first-order chi connectivity index (χ1) is 10.6. The second-order valence-electron chi connectivity index (χ2n) is 4.63. The number of H-pyrrole nitrogens is 1. The van der Waals surface area contributed by atoms with Gasteiger partial charge in [-0.15, -0.1) is 11.8 Å². The first kappa shape index (κ1) is 16.6. The average Bonchev–Trinajstić information content (AvgIpc) is 2.53. The minimum Gasteiger partial charge on any atom is -0.341 e. The van der Waals surface area contributed by atoms with Gasteiger partial charge in [-0.05, 0) is 24.0 Å². The van der Waals surface area contributed by atoms with Gasteiger partial charge >= 0.3 is 0 Å². The van der Waals surface area contributed by atoms with Gasteiger partial charge in [-0.2, -0.15) is 0 Å². The highest BCUT2D eigenvalue weighted by Gasteiger charge is 2.10. The molecular formula is C15H17N3O2S2. The first-order valence-corrected chi connectivity index (χ1v) is 8.84. The van der Waals surface area contributed by atoms with Crippen molar-refractivity contribution in [3.05, 3.63) is 52.4 Å². The lowest BCUT2D eigenvalue weighted by Gasteiger charge is -2.17. The number of carbonyl (C=O) groups excluding carboxylic acids is 1. The quantitative estimate of drug-likeness (QED) is 0.648. The van der Waals surface area contributed by atoms with Crippen LogP contribution in [0.4, 0.5) is 0 Å². The Balaban J connectivity index is 1.87. The minimum atomic E-state index is -0.216. The number of hydrogen-bond donors (Lipinski definition) is 1. The van der Waals surface area contributed by atoms with Gasteiger partial charge in [-0.1, -0.05) is 23.9 Å². The normalized spacial score (nSPS) is 10.5. The van der Waals surface area contributed by atoms with Crippen LogP contribution in [0.3, 0.4) is 0 Å². The molecule has 7 heteroatoms. The molecule has 1 amide bonds. The van der Waals surface area contributed by atoms with Crippen LogP contribution in [0.5, 0.6) is 0 Å². The molecule has 1 N–H and O–H groups in total. The van der Waals surface area contributed by atoms with Crippen LogP contribution in [0.2, 0.25) is 0 Å². The van der Waals surface area contributed by atoms with Gasteiger partial charge in [0.25, 0.3) is 5.56 Å². The fourth-order valence-electron chi connectivity index (χ4n) is 1.76. The molecule has 2 rings (SSSR count). The number of hydrogen-bond acceptors (Lipinski definition) is 5. The SMILES string of the molecule is CSc1ccc(CN(C)C(=O)CSc2nccc(=O)[nH]2)cc1. The summed E-state index contributed by atoms with van der Waals surface area (Å²) in [6, 6.07) is 9.49. The predicted molar refractivity (Wildman–Crippen MR) is 90.3 cm³/mol. The molecule has 0 saturated heterocycles. The number of nitrogens with zero attached hydrogens (tertiary/aromatic N) is 2. The number of carbonyl (C=O) groups is 1. The van der Waals surface area contributed by atoms with Gasteiger partial charge in [0.2, 0.25) is 5.91 Å². The number of benzene rings is 1. The van der Waals surface area contributed by atoms with E-state index in [0.717, 1.165) is 5.56 Å². The standard InChI is InChI=1S/C15H17N3O2S2/c1-18(9-11-3-5-12(21-2)6-4-11)14(20)10-22-15-16-8-7-13(19)17-15/h3-8H,9-10H2,1-2H3,(H,16,17,19). The highest BCUT2D eigenvalue weighted by molar-refractivity contribution is 7.99. The molecule has 0 spiro atoms. The molecule has 22 heavy (non-hydrogen) atoms. The summed E-state index contributed by atoms with van der Waals surface area (Å²) in [7, 11) is 1.77. The van der Waals surface area contributed by atoms with Gasteiger partial charge in [0.1, 0.15) is 0 Å². The molecule has 1 aromatic heterocycles. The van der Waals surface area contributed by atoms with Crippen molar-refractivity contribution in [2.24, 2.45) is 0 Å². The molecule has 5 nitrogen and oxygen atoms in total. The Morgan fingerprint density at radius 2 is 2.00 bits per heavy atom. The van der Waals surface area contributed by atoms with Crippen LogP contribution in [-0.2, 0) is 11.3 Å². The van der Waals surface area contributed by atoms with Crippen molar-refractivity contribution in [1.82, 2.24) is 14.9 Å². The van der Waals surface area contributed by atoms with E-state index in [1.165, 1.54) is 28.9 Å². The maximum absolute atomic E-state index is 12.1. The van der Waals surface area contributed by atoms with Crippen LogP contribution < -0.4 is 5.56 Å². The first-order valence-electron chi connectivity index (χ1n) is 6.63. The van der Waals surface area contributed by atoms with Crippen molar-refractivity contribution in [1.29, 1.82) is 0 Å². The zero-order valence-corrected chi connectivity index (χ0v) is 14.0. The molecule has 0 aliphatic heterocycles. The van der Waals surface area contributed by atoms with Gasteiger partial charge in [0.05, 0.1) is 5.75 Å². The Labute approximate surface area is 137 Å². The van der Waals surface area contributed by atoms with Crippen molar-refractivity contribution < 1.29 is 4.79 Å². The lowest BCUT2D eigenvalue weighted by Crippen LogP contribution is -2.27. The van der Waals surface area contributed by atoms with Gasteiger partial charge in [0, 0.05) is 30.8 Å². The number of amides is 1. The Morgan fingerprint density at radius 1 is 1.27 bits per heavy atom. The number of aromatic nitrogens is 2. The maximum Gasteiger partial charge on any atom is 0.251 e. The summed E-state index contributed by atoms with van der Waals surface area (Å²) >= 11 is 2.92. The van der Waals surface area contributed by atoms with Gasteiger partial charge in [-0.3, -0.25) is 9.59 Å². The fraction of sp³-hybridized carbons (Fsp3) is 0.267. The maximum atomic E-state index is 12.1. The Hall–Kier alpha value is -1.73. The van der Waals surface area contributed by atoms with Crippen LogP contribution in [0.25, 0.3) is 0 Å². The molecule has 0 bridgehead atoms. The van der Waals surface area contributed by atoms with Crippen LogP contribution in [-0.4, -0.2) is 39.8 Å². The van der Waals surface area contributed by atoms with Crippen molar-refractivity contribution >= 4 is 29.4 Å². The van der Waals surface area contributed by atoms with E-state index in [2.05, 4.69) is 9.97 Å². The smallest absolute Gasteiger partial charge is 0.251 e. The summed E-state index contributed by atoms with van der Waals surface area (Å²) < 4.78 is 0. The fourth-order valence-corrected chi connectivity index (χ4v) is 2.96. The van der Waals surface area contributed by atoms with Crippen LogP contribution in [0.15, 0.2) is 51.4 Å². The Bertz CT molecular complexity index is 686. The summed E-state index contributed by atoms with van der Waals surface area (Å²) in [4.78, 5) is 32.7. The summed E-state index contributed by atoms with van der Waals surface area (Å²) in [5.74, 6) is 0.234. The molecule has 0 radical (unpaired) electrons. The molecule has 2 aromatic rings. The molecule has 0 atom stereocenters. The lowest BCUT2D eigenvalue weighted by molar-refractivity contribution is -0.127. The molecule has 1 heterocycles. The molecule has 1 aromatic carbocycles. The highest BCUT2D eigenvalue weighted by Crippen LogP contribution is 2.16. The summed E-state index contributed by atoms with van der Waals surface area (Å²) in [5.41, 5.74) is 0.872. The Morgan fingerprint density at radius 3 is 2.64 bits per heavy atom. The van der Waals surface area contributed by atoms with Crippen molar-refractivity contribution in [2.45, 2.75) is 16.6 Å². The average molecular weight is 335 g/mol. The zero-order valence-electron chi connectivity index (χ0n) is 12.4. The van der Waals surface area contributed by atoms with E-state index in [4.69, 9.17) is 0 Å². The third-order valence-electron chi connectivity index (χ3n) is 2.98. The van der Waals surface area contributed by atoms with Gasteiger partial charge in [-0.25, -0.2) is 4.98 Å². The number of rotatable bonds is 6. The van der Waals surface area contributed by atoms with Crippen LogP contribution in [0.1, 0.15) is 5.56 Å². The number of aromatic amines is 1. The van der Waals surface area contributed by atoms with E-state index >= 15 is 0 Å². The van der Waals surface area contributed by atoms with E-state index in [0.29, 0.717) is 11.7 Å². The third-order valence-corrected chi connectivity index (χ3v) is 4.60. The highest BCUT2D eigenvalue weighted by atomic mass is 32.2. The van der Waals surface area contributed by atoms with Gasteiger partial charge < -0.3 is 9.88 Å². The summed E-state index contributed by atoms with van der Waals surface area (Å²) in [5, 5.41) is 0.457. The van der Waals surface area contributed by atoms with E-state index in [1.807, 2.05) is 30.5 Å². The Kier molecular flexibility index (Phi) is 6.09. The number of nitrogens with one attached hydrogen (secondary N) is 1. The van der Waals surface area contributed by atoms with E-state index in [-0.39, 0.29) is 17.2 Å². The van der Waals surface area contributed by atoms with Crippen LogP contribution >= 0.6 is 23.5 Å². The molecule has 116 valence electrons. The zero-order chi connectivity index (χ0) is 15.9. The van der Waals surface area contributed by atoms with Gasteiger partial charge in [0.15, 0.2) is 5.16 Å². The summed E-state index contributed by atoms with van der Waals surface area (Å²) in [6.07, 6.45) is 3.46. The molecule has 0 fully saturated rings. The van der Waals surface area contributed by atoms with E-state index < -0.39 is 0 Å². The minimum absolute atomic E-state index is 0.00885. The lowest BCUT2D eigenvalue weighted by atomic mass is 10.2. The molecule has 0 saturated carbocycles. The molecule has 0 aliphatic rings. The summed E-state index contributed by atoms with van der Waals surface area (Å²) in [6.45, 7) is 0.562. The van der Waals surface area contributed by atoms with Crippen molar-refractivity contribution in [2.75, 3.05) is 19.1 Å². The largest absolute Gasteiger partial charge is 0.341 e. The molecular weight excluding hydrogens is 318 g/mol. The van der Waals surface area contributed by atoms with Crippen molar-refractivity contribution in [3.8, 4) is 0 Å². The topological polar surface area (TPSA) is 66.1 Å². The second-order valence-corrected chi connectivity index (χ2v) is 6.47. The van der Waals surface area contributed by atoms with E-state index in [9.17, 15) is 9.59 Å². The van der Waals surface area contributed by atoms with Crippen molar-refractivity contribution in [3.63, 3.8) is 0 Å². The number of thioether (sulfide) groups is 2. The molecule has 0 unspecified atom stereocenters. The monoisotopic (exact) mass is 335 g/mol. The molecule has 0 aliphatic carbocycles. The van der Waals surface area contributed by atoms with Crippen LogP contribution in [0, 0.1) is 0 Å². The second kappa shape index (κ2) is 8.05. The van der Waals surface area contributed by atoms with E-state index in [1.54, 1.807) is 23.7 Å².